The third-order valence-corrected chi connectivity index (χ3v) is 3.45. The number of anilines is 1. The number of carbonyl (C=O) groups is 3. The van der Waals surface area contributed by atoms with E-state index in [1.165, 1.54) is 31.2 Å². The van der Waals surface area contributed by atoms with E-state index in [9.17, 15) is 18.8 Å². The van der Waals surface area contributed by atoms with Crippen LogP contribution < -0.4 is 10.6 Å². The first-order chi connectivity index (χ1) is 12.3. The molecule has 2 rings (SSSR count). The summed E-state index contributed by atoms with van der Waals surface area (Å²) in [6, 6.07) is 11.2. The van der Waals surface area contributed by atoms with Gasteiger partial charge in [-0.1, -0.05) is 17.7 Å². The van der Waals surface area contributed by atoms with Crippen LogP contribution in [0, 0.1) is 12.7 Å². The second-order valence-electron chi connectivity index (χ2n) is 5.73. The molecular weight excluding hydrogens is 339 g/mol. The smallest absolute Gasteiger partial charge is 0.328 e. The molecular formula is C19H19FN2O4. The Labute approximate surface area is 150 Å². The standard InChI is InChI=1S/C19H19FN2O4/c1-12-4-3-5-14(10-12)18(24)21-13(2)19(25)26-11-17(23)22-16-8-6-15(20)7-9-16/h3-10,13H,11H2,1-2H3,(H,21,24)(H,22,23)/t13-/m0/s1. The summed E-state index contributed by atoms with van der Waals surface area (Å²) in [5.41, 5.74) is 1.73. The average molecular weight is 358 g/mol. The molecule has 0 saturated carbocycles. The van der Waals surface area contributed by atoms with Gasteiger partial charge >= 0.3 is 5.97 Å². The van der Waals surface area contributed by atoms with Crippen molar-refractivity contribution in [2.45, 2.75) is 19.9 Å². The molecule has 0 aromatic heterocycles. The van der Waals surface area contributed by atoms with Gasteiger partial charge in [0.1, 0.15) is 11.9 Å². The Kier molecular flexibility index (Phi) is 6.43. The summed E-state index contributed by atoms with van der Waals surface area (Å²) in [6.07, 6.45) is 0. The van der Waals surface area contributed by atoms with Crippen molar-refractivity contribution in [3.05, 3.63) is 65.5 Å². The monoisotopic (exact) mass is 358 g/mol. The fourth-order valence-electron chi connectivity index (χ4n) is 2.12. The maximum atomic E-state index is 12.8. The van der Waals surface area contributed by atoms with E-state index < -0.39 is 36.2 Å². The summed E-state index contributed by atoms with van der Waals surface area (Å²) in [6.45, 7) is 2.81. The zero-order chi connectivity index (χ0) is 19.1. The van der Waals surface area contributed by atoms with E-state index in [-0.39, 0.29) is 0 Å². The zero-order valence-corrected chi connectivity index (χ0v) is 14.4. The van der Waals surface area contributed by atoms with Crippen LogP contribution in [0.25, 0.3) is 0 Å². The molecule has 2 aromatic carbocycles. The first kappa shape index (κ1) is 19.1. The highest BCUT2D eigenvalue weighted by Crippen LogP contribution is 2.08. The number of esters is 1. The van der Waals surface area contributed by atoms with Crippen LogP contribution in [0.5, 0.6) is 0 Å². The molecule has 2 aromatic rings. The molecule has 6 nitrogen and oxygen atoms in total. The Bertz CT molecular complexity index is 805. The molecule has 0 aliphatic carbocycles. The number of nitrogens with one attached hydrogen (secondary N) is 2. The third-order valence-electron chi connectivity index (χ3n) is 3.45. The lowest BCUT2D eigenvalue weighted by atomic mass is 10.1. The van der Waals surface area contributed by atoms with E-state index in [2.05, 4.69) is 10.6 Å². The maximum Gasteiger partial charge on any atom is 0.328 e. The van der Waals surface area contributed by atoms with E-state index in [1.54, 1.807) is 18.2 Å². The van der Waals surface area contributed by atoms with Crippen LogP contribution in [0.2, 0.25) is 0 Å². The van der Waals surface area contributed by atoms with Gasteiger partial charge in [0.25, 0.3) is 11.8 Å². The molecule has 26 heavy (non-hydrogen) atoms. The number of hydrogen-bond donors (Lipinski definition) is 2. The van der Waals surface area contributed by atoms with Crippen LogP contribution in [-0.2, 0) is 14.3 Å². The summed E-state index contributed by atoms with van der Waals surface area (Å²) in [7, 11) is 0. The zero-order valence-electron chi connectivity index (χ0n) is 14.4. The van der Waals surface area contributed by atoms with Crippen molar-refractivity contribution in [3.8, 4) is 0 Å². The van der Waals surface area contributed by atoms with Crippen LogP contribution in [0.4, 0.5) is 10.1 Å². The van der Waals surface area contributed by atoms with E-state index >= 15 is 0 Å². The molecule has 136 valence electrons. The van der Waals surface area contributed by atoms with E-state index in [4.69, 9.17) is 4.74 Å². The number of amides is 2. The summed E-state index contributed by atoms with van der Waals surface area (Å²) in [5, 5.41) is 4.98. The number of rotatable bonds is 6. The molecule has 0 radical (unpaired) electrons. The highest BCUT2D eigenvalue weighted by molar-refractivity contribution is 5.97. The van der Waals surface area contributed by atoms with Crippen molar-refractivity contribution in [3.63, 3.8) is 0 Å². The van der Waals surface area contributed by atoms with Gasteiger partial charge in [-0.3, -0.25) is 9.59 Å². The Morgan fingerprint density at radius 1 is 1.12 bits per heavy atom. The third kappa shape index (κ3) is 5.70. The topological polar surface area (TPSA) is 84.5 Å². The first-order valence-corrected chi connectivity index (χ1v) is 7.95. The summed E-state index contributed by atoms with van der Waals surface area (Å²) < 4.78 is 17.7. The minimum absolute atomic E-state index is 0.383. The highest BCUT2D eigenvalue weighted by atomic mass is 19.1. The van der Waals surface area contributed by atoms with Crippen LogP contribution in [0.1, 0.15) is 22.8 Å². The number of hydrogen-bond acceptors (Lipinski definition) is 4. The number of benzene rings is 2. The molecule has 0 unspecified atom stereocenters. The summed E-state index contributed by atoms with van der Waals surface area (Å²) >= 11 is 0. The Balaban J connectivity index is 1.80. The predicted molar refractivity (Wildman–Crippen MR) is 94.1 cm³/mol. The molecule has 0 bridgehead atoms. The lowest BCUT2D eigenvalue weighted by Crippen LogP contribution is -2.40. The fraction of sp³-hybridized carbons (Fsp3) is 0.211. The molecule has 0 fully saturated rings. The summed E-state index contributed by atoms with van der Waals surface area (Å²) in [4.78, 5) is 35.7. The maximum absolute atomic E-state index is 12.8. The lowest BCUT2D eigenvalue weighted by Gasteiger charge is -2.13. The van der Waals surface area contributed by atoms with Gasteiger partial charge < -0.3 is 15.4 Å². The number of carbonyl (C=O) groups excluding carboxylic acids is 3. The van der Waals surface area contributed by atoms with Crippen molar-refractivity contribution >= 4 is 23.5 Å². The van der Waals surface area contributed by atoms with Gasteiger partial charge in [0.15, 0.2) is 6.61 Å². The Morgan fingerprint density at radius 3 is 2.46 bits per heavy atom. The second-order valence-corrected chi connectivity index (χ2v) is 5.73. The van der Waals surface area contributed by atoms with Crippen LogP contribution in [-0.4, -0.2) is 30.4 Å². The minimum atomic E-state index is -0.915. The Hall–Kier alpha value is -3.22. The van der Waals surface area contributed by atoms with E-state index in [0.717, 1.165) is 5.56 Å². The van der Waals surface area contributed by atoms with Gasteiger partial charge in [-0.2, -0.15) is 0 Å². The number of aryl methyl sites for hydroxylation is 1. The average Bonchev–Trinajstić information content (AvgIpc) is 2.61. The van der Waals surface area contributed by atoms with E-state index in [0.29, 0.717) is 11.3 Å². The lowest BCUT2D eigenvalue weighted by molar-refractivity contribution is -0.148. The predicted octanol–water partition coefficient (Wildman–Crippen LogP) is 2.43. The second kappa shape index (κ2) is 8.75. The van der Waals surface area contributed by atoms with Gasteiger partial charge in [-0.05, 0) is 50.2 Å². The molecule has 2 amide bonds. The van der Waals surface area contributed by atoms with E-state index in [1.807, 2.05) is 13.0 Å². The SMILES string of the molecule is Cc1cccc(C(=O)N[C@@H](C)C(=O)OCC(=O)Nc2ccc(F)cc2)c1. The summed E-state index contributed by atoms with van der Waals surface area (Å²) in [5.74, 6) is -2.14. The molecule has 0 heterocycles. The molecule has 0 spiro atoms. The quantitative estimate of drug-likeness (QED) is 0.777. The molecule has 0 aliphatic rings. The van der Waals surface area contributed by atoms with Gasteiger partial charge in [-0.15, -0.1) is 0 Å². The molecule has 0 saturated heterocycles. The normalized spacial score (nSPS) is 11.3. The molecule has 1 atom stereocenters. The van der Waals surface area contributed by atoms with Crippen molar-refractivity contribution in [1.82, 2.24) is 5.32 Å². The molecule has 2 N–H and O–H groups in total. The van der Waals surface area contributed by atoms with Crippen molar-refractivity contribution in [2.75, 3.05) is 11.9 Å². The van der Waals surface area contributed by atoms with Crippen molar-refractivity contribution in [2.24, 2.45) is 0 Å². The van der Waals surface area contributed by atoms with Crippen LogP contribution in [0.15, 0.2) is 48.5 Å². The van der Waals surface area contributed by atoms with Crippen LogP contribution >= 0.6 is 0 Å². The Morgan fingerprint density at radius 2 is 1.81 bits per heavy atom. The fourth-order valence-corrected chi connectivity index (χ4v) is 2.12. The number of halogens is 1. The first-order valence-electron chi connectivity index (χ1n) is 7.95. The minimum Gasteiger partial charge on any atom is -0.454 e. The van der Waals surface area contributed by atoms with Gasteiger partial charge in [0, 0.05) is 11.3 Å². The van der Waals surface area contributed by atoms with Crippen molar-refractivity contribution in [1.29, 1.82) is 0 Å². The van der Waals surface area contributed by atoms with Gasteiger partial charge in [0.05, 0.1) is 0 Å². The molecule has 0 aliphatic heterocycles. The molecule has 7 heteroatoms. The van der Waals surface area contributed by atoms with Crippen molar-refractivity contribution < 1.29 is 23.5 Å². The number of ether oxygens (including phenoxy) is 1. The van der Waals surface area contributed by atoms with Gasteiger partial charge in [0.2, 0.25) is 0 Å². The largest absolute Gasteiger partial charge is 0.454 e. The highest BCUT2D eigenvalue weighted by Gasteiger charge is 2.19. The van der Waals surface area contributed by atoms with Gasteiger partial charge in [-0.25, -0.2) is 9.18 Å². The van der Waals surface area contributed by atoms with Crippen LogP contribution in [0.3, 0.4) is 0 Å².